The van der Waals surface area contributed by atoms with Crippen molar-refractivity contribution in [1.82, 2.24) is 9.62 Å². The first kappa shape index (κ1) is 18.2. The summed E-state index contributed by atoms with van der Waals surface area (Å²) < 4.78 is 63.4. The number of sulfonamides is 1. The maximum absolute atomic E-state index is 12.4. The molecule has 1 heterocycles. The molecule has 2 rings (SSSR count). The molecule has 0 atom stereocenters. The van der Waals surface area contributed by atoms with Crippen molar-refractivity contribution in [1.29, 1.82) is 0 Å². The fourth-order valence-corrected chi connectivity index (χ4v) is 4.00. The Labute approximate surface area is 140 Å². The summed E-state index contributed by atoms with van der Waals surface area (Å²) in [6.45, 7) is 0.113. The van der Waals surface area contributed by atoms with Gasteiger partial charge in [0.1, 0.15) is 0 Å². The van der Waals surface area contributed by atoms with Crippen LogP contribution in [-0.2, 0) is 14.8 Å². The van der Waals surface area contributed by atoms with E-state index in [9.17, 15) is 26.4 Å². The SMILES string of the molecule is O=C(NC1CCN(S(=O)(=O)c2ccc(Br)cc2)CC1)C(F)(F)F. The molecular formula is C13H14BrF3N2O3S. The predicted octanol–water partition coefficient (Wildman–Crippen LogP) is 2.28. The van der Waals surface area contributed by atoms with Gasteiger partial charge in [-0.3, -0.25) is 4.79 Å². The zero-order valence-electron chi connectivity index (χ0n) is 11.8. The summed E-state index contributed by atoms with van der Waals surface area (Å²) in [6.07, 6.45) is -4.66. The quantitative estimate of drug-likeness (QED) is 0.824. The van der Waals surface area contributed by atoms with Crippen molar-refractivity contribution < 1.29 is 26.4 Å². The highest BCUT2D eigenvalue weighted by Crippen LogP contribution is 2.23. The molecule has 0 radical (unpaired) electrons. The molecule has 1 aromatic carbocycles. The largest absolute Gasteiger partial charge is 0.471 e. The van der Waals surface area contributed by atoms with Crippen LogP contribution in [0.2, 0.25) is 0 Å². The van der Waals surface area contributed by atoms with Crippen molar-refractivity contribution in [2.45, 2.75) is 30.0 Å². The van der Waals surface area contributed by atoms with Crippen molar-refractivity contribution in [3.63, 3.8) is 0 Å². The third-order valence-corrected chi connectivity index (χ3v) is 5.94. The fraction of sp³-hybridized carbons (Fsp3) is 0.462. The van der Waals surface area contributed by atoms with Crippen LogP contribution >= 0.6 is 15.9 Å². The van der Waals surface area contributed by atoms with E-state index in [-0.39, 0.29) is 30.8 Å². The number of hydrogen-bond donors (Lipinski definition) is 1. The molecule has 1 aliphatic rings. The fourth-order valence-electron chi connectivity index (χ4n) is 2.26. The van der Waals surface area contributed by atoms with Crippen LogP contribution < -0.4 is 5.32 Å². The lowest BCUT2D eigenvalue weighted by atomic mass is 10.1. The molecular weight excluding hydrogens is 401 g/mol. The van der Waals surface area contributed by atoms with Gasteiger partial charge in [-0.05, 0) is 37.1 Å². The van der Waals surface area contributed by atoms with E-state index in [4.69, 9.17) is 0 Å². The lowest BCUT2D eigenvalue weighted by Gasteiger charge is -2.31. The molecule has 1 fully saturated rings. The van der Waals surface area contributed by atoms with Crippen molar-refractivity contribution in [3.05, 3.63) is 28.7 Å². The number of carbonyl (C=O) groups excluding carboxylic acids is 1. The van der Waals surface area contributed by atoms with Crippen molar-refractivity contribution >= 4 is 31.9 Å². The number of benzene rings is 1. The Morgan fingerprint density at radius 3 is 2.17 bits per heavy atom. The van der Waals surface area contributed by atoms with Crippen LogP contribution in [0.4, 0.5) is 13.2 Å². The molecule has 1 N–H and O–H groups in total. The Balaban J connectivity index is 1.98. The molecule has 23 heavy (non-hydrogen) atoms. The van der Waals surface area contributed by atoms with E-state index in [1.54, 1.807) is 12.1 Å². The van der Waals surface area contributed by atoms with E-state index in [0.29, 0.717) is 0 Å². The van der Waals surface area contributed by atoms with E-state index in [1.807, 2.05) is 5.32 Å². The standard InChI is InChI=1S/C13H14BrF3N2O3S/c14-9-1-3-11(4-2-9)23(21,22)19-7-5-10(6-8-19)18-12(20)13(15,16)17/h1-4,10H,5-8H2,(H,18,20). The van der Waals surface area contributed by atoms with Gasteiger partial charge in [0.2, 0.25) is 10.0 Å². The number of amides is 1. The zero-order valence-corrected chi connectivity index (χ0v) is 14.2. The molecule has 1 aliphatic heterocycles. The second-order valence-electron chi connectivity index (χ2n) is 5.10. The van der Waals surface area contributed by atoms with E-state index in [0.717, 1.165) is 4.47 Å². The lowest BCUT2D eigenvalue weighted by Crippen LogP contribution is -2.49. The van der Waals surface area contributed by atoms with Crippen molar-refractivity contribution in [2.75, 3.05) is 13.1 Å². The predicted molar refractivity (Wildman–Crippen MR) is 80.1 cm³/mol. The molecule has 0 spiro atoms. The Kier molecular flexibility index (Phi) is 5.37. The number of alkyl halides is 3. The van der Waals surface area contributed by atoms with Crippen LogP contribution in [-0.4, -0.2) is 43.9 Å². The van der Waals surface area contributed by atoms with Gasteiger partial charge in [-0.15, -0.1) is 0 Å². The third kappa shape index (κ3) is 4.45. The topological polar surface area (TPSA) is 66.5 Å². The average molecular weight is 415 g/mol. The van der Waals surface area contributed by atoms with E-state index in [2.05, 4.69) is 15.9 Å². The highest BCUT2D eigenvalue weighted by Gasteiger charge is 2.40. The van der Waals surface area contributed by atoms with Crippen LogP contribution in [0.1, 0.15) is 12.8 Å². The molecule has 10 heteroatoms. The summed E-state index contributed by atoms with van der Waals surface area (Å²) in [5.41, 5.74) is 0. The number of nitrogens with zero attached hydrogens (tertiary/aromatic N) is 1. The van der Waals surface area contributed by atoms with Gasteiger partial charge in [0.15, 0.2) is 0 Å². The number of piperidine rings is 1. The highest BCUT2D eigenvalue weighted by molar-refractivity contribution is 9.10. The molecule has 5 nitrogen and oxygen atoms in total. The van der Waals surface area contributed by atoms with Gasteiger partial charge >= 0.3 is 12.1 Å². The van der Waals surface area contributed by atoms with E-state index >= 15 is 0 Å². The molecule has 0 aromatic heterocycles. The zero-order chi connectivity index (χ0) is 17.3. The minimum absolute atomic E-state index is 0.0567. The van der Waals surface area contributed by atoms with Crippen molar-refractivity contribution in [3.8, 4) is 0 Å². The third-order valence-electron chi connectivity index (χ3n) is 3.50. The summed E-state index contributed by atoms with van der Waals surface area (Å²) in [6, 6.07) is 5.43. The summed E-state index contributed by atoms with van der Waals surface area (Å²) in [5.74, 6) is -1.99. The Bertz CT molecular complexity index is 669. The summed E-state index contributed by atoms with van der Waals surface area (Å²) in [7, 11) is -3.68. The number of halogens is 4. The van der Waals surface area contributed by atoms with Gasteiger partial charge in [-0.1, -0.05) is 15.9 Å². The maximum atomic E-state index is 12.4. The second-order valence-corrected chi connectivity index (χ2v) is 7.96. The minimum atomic E-state index is -4.93. The average Bonchev–Trinajstić information content (AvgIpc) is 2.47. The van der Waals surface area contributed by atoms with Crippen LogP contribution in [0.25, 0.3) is 0 Å². The molecule has 0 unspecified atom stereocenters. The summed E-state index contributed by atoms with van der Waals surface area (Å²) in [5, 5.41) is 1.89. The Hall–Kier alpha value is -1.13. The van der Waals surface area contributed by atoms with Crippen LogP contribution in [0.15, 0.2) is 33.6 Å². The Morgan fingerprint density at radius 1 is 1.17 bits per heavy atom. The van der Waals surface area contributed by atoms with E-state index < -0.39 is 28.1 Å². The molecule has 1 aromatic rings. The normalized spacial score (nSPS) is 17.9. The molecule has 128 valence electrons. The van der Waals surface area contributed by atoms with Gasteiger partial charge in [-0.2, -0.15) is 17.5 Å². The number of rotatable bonds is 3. The van der Waals surface area contributed by atoms with E-state index in [1.165, 1.54) is 16.4 Å². The molecule has 0 aliphatic carbocycles. The molecule has 0 bridgehead atoms. The molecule has 1 amide bonds. The molecule has 0 saturated carbocycles. The van der Waals surface area contributed by atoms with Gasteiger partial charge in [0.05, 0.1) is 4.90 Å². The Morgan fingerprint density at radius 2 is 1.70 bits per heavy atom. The summed E-state index contributed by atoms with van der Waals surface area (Å²) in [4.78, 5) is 11.0. The first-order chi connectivity index (χ1) is 10.6. The first-order valence-corrected chi connectivity index (χ1v) is 8.97. The van der Waals surface area contributed by atoms with Crippen LogP contribution in [0, 0.1) is 0 Å². The van der Waals surface area contributed by atoms with Gasteiger partial charge < -0.3 is 5.32 Å². The lowest BCUT2D eigenvalue weighted by molar-refractivity contribution is -0.174. The maximum Gasteiger partial charge on any atom is 0.471 e. The van der Waals surface area contributed by atoms with Crippen molar-refractivity contribution in [2.24, 2.45) is 0 Å². The monoisotopic (exact) mass is 414 g/mol. The van der Waals surface area contributed by atoms with Crippen LogP contribution in [0.5, 0.6) is 0 Å². The summed E-state index contributed by atoms with van der Waals surface area (Å²) >= 11 is 3.21. The second kappa shape index (κ2) is 6.78. The minimum Gasteiger partial charge on any atom is -0.345 e. The number of nitrogens with one attached hydrogen (secondary N) is 1. The van der Waals surface area contributed by atoms with Crippen LogP contribution in [0.3, 0.4) is 0 Å². The number of carbonyl (C=O) groups is 1. The molecule has 1 saturated heterocycles. The number of hydrogen-bond acceptors (Lipinski definition) is 3. The smallest absolute Gasteiger partial charge is 0.345 e. The highest BCUT2D eigenvalue weighted by atomic mass is 79.9. The van der Waals surface area contributed by atoms with Gasteiger partial charge in [0, 0.05) is 23.6 Å². The first-order valence-electron chi connectivity index (χ1n) is 6.74. The van der Waals surface area contributed by atoms with Gasteiger partial charge in [-0.25, -0.2) is 8.42 Å². The van der Waals surface area contributed by atoms with Gasteiger partial charge in [0.25, 0.3) is 0 Å².